The summed E-state index contributed by atoms with van der Waals surface area (Å²) in [6.45, 7) is 5.48. The second-order valence-electron chi connectivity index (χ2n) is 5.46. The van der Waals surface area contributed by atoms with Crippen LogP contribution in [0.3, 0.4) is 0 Å². The van der Waals surface area contributed by atoms with Crippen molar-refractivity contribution >= 4 is 11.6 Å². The maximum absolute atomic E-state index is 12.0. The SMILES string of the molecule is COc1ccc(CC/C(C)=N\NC(=O)c2cc(C)oc2C)cc1. The summed E-state index contributed by atoms with van der Waals surface area (Å²) in [7, 11) is 1.65. The first-order valence-electron chi connectivity index (χ1n) is 7.53. The van der Waals surface area contributed by atoms with Crippen LogP contribution in [0.4, 0.5) is 0 Å². The van der Waals surface area contributed by atoms with Crippen LogP contribution in [0.2, 0.25) is 0 Å². The molecule has 5 heteroatoms. The number of rotatable bonds is 6. The number of carbonyl (C=O) groups excluding carboxylic acids is 1. The minimum absolute atomic E-state index is 0.247. The summed E-state index contributed by atoms with van der Waals surface area (Å²) in [6, 6.07) is 9.65. The topological polar surface area (TPSA) is 63.8 Å². The molecule has 0 atom stereocenters. The molecule has 0 saturated carbocycles. The van der Waals surface area contributed by atoms with E-state index in [0.717, 1.165) is 24.3 Å². The van der Waals surface area contributed by atoms with Gasteiger partial charge in [0, 0.05) is 5.71 Å². The van der Waals surface area contributed by atoms with Crippen molar-refractivity contribution in [2.75, 3.05) is 7.11 Å². The third-order valence-corrected chi connectivity index (χ3v) is 3.57. The molecule has 1 amide bonds. The van der Waals surface area contributed by atoms with Crippen LogP contribution in [0.1, 0.15) is 40.8 Å². The Bertz CT molecular complexity index is 700. The van der Waals surface area contributed by atoms with Gasteiger partial charge in [-0.2, -0.15) is 5.10 Å². The van der Waals surface area contributed by atoms with Crippen LogP contribution in [0.5, 0.6) is 5.75 Å². The molecule has 1 N–H and O–H groups in total. The van der Waals surface area contributed by atoms with Gasteiger partial charge in [0.2, 0.25) is 0 Å². The Morgan fingerprint density at radius 3 is 2.52 bits per heavy atom. The van der Waals surface area contributed by atoms with Crippen molar-refractivity contribution in [1.82, 2.24) is 5.43 Å². The third kappa shape index (κ3) is 4.71. The smallest absolute Gasteiger partial charge is 0.274 e. The zero-order valence-corrected chi connectivity index (χ0v) is 14.0. The first-order valence-corrected chi connectivity index (χ1v) is 7.53. The van der Waals surface area contributed by atoms with Crippen LogP contribution in [-0.4, -0.2) is 18.7 Å². The summed E-state index contributed by atoms with van der Waals surface area (Å²) in [5, 5.41) is 4.15. The summed E-state index contributed by atoms with van der Waals surface area (Å²) < 4.78 is 10.5. The number of hydrogen-bond acceptors (Lipinski definition) is 4. The van der Waals surface area contributed by atoms with Gasteiger partial charge in [-0.15, -0.1) is 0 Å². The molecule has 23 heavy (non-hydrogen) atoms. The number of amides is 1. The zero-order valence-electron chi connectivity index (χ0n) is 14.0. The average molecular weight is 314 g/mol. The number of hydrogen-bond donors (Lipinski definition) is 1. The fourth-order valence-corrected chi connectivity index (χ4v) is 2.24. The molecular weight excluding hydrogens is 292 g/mol. The van der Waals surface area contributed by atoms with Gasteiger partial charge in [-0.25, -0.2) is 5.43 Å². The number of nitrogens with one attached hydrogen (secondary N) is 1. The quantitative estimate of drug-likeness (QED) is 0.654. The van der Waals surface area contributed by atoms with E-state index < -0.39 is 0 Å². The summed E-state index contributed by atoms with van der Waals surface area (Å²) >= 11 is 0. The lowest BCUT2D eigenvalue weighted by Gasteiger charge is -2.04. The maximum atomic E-state index is 12.0. The fourth-order valence-electron chi connectivity index (χ4n) is 2.24. The molecule has 0 saturated heterocycles. The van der Waals surface area contributed by atoms with Gasteiger partial charge in [0.15, 0.2) is 0 Å². The van der Waals surface area contributed by atoms with E-state index in [4.69, 9.17) is 9.15 Å². The molecular formula is C18H22N2O3. The molecule has 5 nitrogen and oxygen atoms in total. The first kappa shape index (κ1) is 16.8. The highest BCUT2D eigenvalue weighted by molar-refractivity contribution is 5.96. The molecule has 0 unspecified atom stereocenters. The van der Waals surface area contributed by atoms with E-state index in [1.807, 2.05) is 38.1 Å². The molecule has 0 spiro atoms. The van der Waals surface area contributed by atoms with Crippen LogP contribution in [0, 0.1) is 13.8 Å². The van der Waals surface area contributed by atoms with Crippen molar-refractivity contribution in [3.63, 3.8) is 0 Å². The summed E-state index contributed by atoms with van der Waals surface area (Å²) in [5.41, 5.74) is 5.17. The highest BCUT2D eigenvalue weighted by atomic mass is 16.5. The number of nitrogens with zero attached hydrogens (tertiary/aromatic N) is 1. The molecule has 0 fully saturated rings. The largest absolute Gasteiger partial charge is 0.497 e. The molecule has 0 aliphatic rings. The van der Waals surface area contributed by atoms with Gasteiger partial charge in [-0.3, -0.25) is 4.79 Å². The molecule has 1 aromatic heterocycles. The van der Waals surface area contributed by atoms with Gasteiger partial charge in [0.25, 0.3) is 5.91 Å². The number of aryl methyl sites for hydroxylation is 3. The van der Waals surface area contributed by atoms with Crippen LogP contribution in [0.15, 0.2) is 39.9 Å². The van der Waals surface area contributed by atoms with Gasteiger partial charge < -0.3 is 9.15 Å². The number of furan rings is 1. The minimum Gasteiger partial charge on any atom is -0.497 e. The van der Waals surface area contributed by atoms with Crippen molar-refractivity contribution in [1.29, 1.82) is 0 Å². The number of methoxy groups -OCH3 is 1. The third-order valence-electron chi connectivity index (χ3n) is 3.57. The van der Waals surface area contributed by atoms with Crippen molar-refractivity contribution < 1.29 is 13.9 Å². The monoisotopic (exact) mass is 314 g/mol. The molecule has 122 valence electrons. The lowest BCUT2D eigenvalue weighted by atomic mass is 10.1. The summed E-state index contributed by atoms with van der Waals surface area (Å²) in [4.78, 5) is 12.0. The van der Waals surface area contributed by atoms with E-state index >= 15 is 0 Å². The Labute approximate surface area is 136 Å². The Hall–Kier alpha value is -2.56. The molecule has 1 heterocycles. The molecule has 0 aliphatic heterocycles. The Morgan fingerprint density at radius 1 is 1.26 bits per heavy atom. The van der Waals surface area contributed by atoms with E-state index in [-0.39, 0.29) is 5.91 Å². The van der Waals surface area contributed by atoms with E-state index in [2.05, 4.69) is 10.5 Å². The number of ether oxygens (including phenoxy) is 1. The molecule has 0 bridgehead atoms. The van der Waals surface area contributed by atoms with Gasteiger partial charge in [-0.05, 0) is 57.4 Å². The lowest BCUT2D eigenvalue weighted by Crippen LogP contribution is -2.19. The second kappa shape index (κ2) is 7.63. The van der Waals surface area contributed by atoms with E-state index in [9.17, 15) is 4.79 Å². The van der Waals surface area contributed by atoms with Crippen molar-refractivity contribution in [3.05, 3.63) is 53.0 Å². The summed E-state index contributed by atoms with van der Waals surface area (Å²) in [6.07, 6.45) is 1.63. The standard InChI is InChI=1S/C18H22N2O3/c1-12(5-6-15-7-9-16(22-4)10-8-15)19-20-18(21)17-11-13(2)23-14(17)3/h7-11H,5-6H2,1-4H3,(H,20,21)/b19-12-. The Morgan fingerprint density at radius 2 is 1.96 bits per heavy atom. The minimum atomic E-state index is -0.247. The van der Waals surface area contributed by atoms with Gasteiger partial charge in [0.1, 0.15) is 17.3 Å². The number of benzene rings is 1. The second-order valence-corrected chi connectivity index (χ2v) is 5.46. The fraction of sp³-hybridized carbons (Fsp3) is 0.333. The molecule has 2 aromatic rings. The van der Waals surface area contributed by atoms with Crippen LogP contribution < -0.4 is 10.2 Å². The van der Waals surface area contributed by atoms with Gasteiger partial charge >= 0.3 is 0 Å². The molecule has 0 aliphatic carbocycles. The van der Waals surface area contributed by atoms with E-state index in [0.29, 0.717) is 17.1 Å². The van der Waals surface area contributed by atoms with Crippen LogP contribution in [-0.2, 0) is 6.42 Å². The number of hydrazone groups is 1. The maximum Gasteiger partial charge on any atom is 0.274 e. The van der Waals surface area contributed by atoms with E-state index in [1.54, 1.807) is 20.1 Å². The Kier molecular flexibility index (Phi) is 5.57. The predicted octanol–water partition coefficient (Wildman–Crippen LogP) is 3.64. The van der Waals surface area contributed by atoms with Crippen molar-refractivity contribution in [2.24, 2.45) is 5.10 Å². The Balaban J connectivity index is 1.87. The molecule has 1 aromatic carbocycles. The highest BCUT2D eigenvalue weighted by Gasteiger charge is 2.12. The molecule has 2 rings (SSSR count). The van der Waals surface area contributed by atoms with E-state index in [1.165, 1.54) is 5.56 Å². The van der Waals surface area contributed by atoms with Crippen molar-refractivity contribution in [3.8, 4) is 5.75 Å². The summed E-state index contributed by atoms with van der Waals surface area (Å²) in [5.74, 6) is 1.92. The van der Waals surface area contributed by atoms with Crippen molar-refractivity contribution in [2.45, 2.75) is 33.6 Å². The lowest BCUT2D eigenvalue weighted by molar-refractivity contribution is 0.0953. The zero-order chi connectivity index (χ0) is 16.8. The highest BCUT2D eigenvalue weighted by Crippen LogP contribution is 2.14. The first-order chi connectivity index (χ1) is 11.0. The normalized spacial score (nSPS) is 11.4. The van der Waals surface area contributed by atoms with Crippen LogP contribution in [0.25, 0.3) is 0 Å². The van der Waals surface area contributed by atoms with Gasteiger partial charge in [0.05, 0.1) is 12.7 Å². The van der Waals surface area contributed by atoms with Gasteiger partial charge in [-0.1, -0.05) is 12.1 Å². The van der Waals surface area contributed by atoms with Crippen LogP contribution >= 0.6 is 0 Å². The predicted molar refractivity (Wildman–Crippen MR) is 90.1 cm³/mol. The average Bonchev–Trinajstić information content (AvgIpc) is 2.89. The number of carbonyl (C=O) groups is 1. The molecule has 0 radical (unpaired) electrons.